The van der Waals surface area contributed by atoms with Crippen molar-refractivity contribution in [1.29, 1.82) is 0 Å². The Bertz CT molecular complexity index is 173. The molecule has 0 aliphatic heterocycles. The second-order valence-electron chi connectivity index (χ2n) is 4.93. The molecule has 0 aromatic heterocycles. The quantitative estimate of drug-likeness (QED) is 0.620. The van der Waals surface area contributed by atoms with Crippen LogP contribution in [0.2, 0.25) is 0 Å². The van der Waals surface area contributed by atoms with Crippen molar-refractivity contribution in [2.75, 3.05) is 5.33 Å². The van der Waals surface area contributed by atoms with Crippen molar-refractivity contribution in [3.63, 3.8) is 0 Å². The van der Waals surface area contributed by atoms with Gasteiger partial charge in [0.25, 0.3) is 0 Å². The van der Waals surface area contributed by atoms with E-state index < -0.39 is 0 Å². The van der Waals surface area contributed by atoms with Gasteiger partial charge in [0.1, 0.15) is 0 Å². The van der Waals surface area contributed by atoms with Gasteiger partial charge in [-0.3, -0.25) is 0 Å². The summed E-state index contributed by atoms with van der Waals surface area (Å²) in [6.07, 6.45) is 7.76. The fraction of sp³-hybridized carbons (Fsp3) is 1.00. The fourth-order valence-electron chi connectivity index (χ4n) is 3.19. The van der Waals surface area contributed by atoms with E-state index in [1.165, 1.54) is 18.2 Å². The summed E-state index contributed by atoms with van der Waals surface area (Å²) in [6.45, 7) is 0. The molecular formula is C10H15Br. The van der Waals surface area contributed by atoms with Gasteiger partial charge in [0.2, 0.25) is 0 Å². The molecule has 0 saturated heterocycles. The highest BCUT2D eigenvalue weighted by molar-refractivity contribution is 9.09. The van der Waals surface area contributed by atoms with Gasteiger partial charge in [0, 0.05) is 5.33 Å². The van der Waals surface area contributed by atoms with Crippen molar-refractivity contribution < 1.29 is 0 Å². The summed E-state index contributed by atoms with van der Waals surface area (Å²) in [4.78, 5) is 0. The monoisotopic (exact) mass is 214 g/mol. The lowest BCUT2D eigenvalue weighted by atomic mass is 9.80. The minimum atomic E-state index is 0.785. The molecule has 0 nitrogen and oxygen atoms in total. The topological polar surface area (TPSA) is 0 Å². The van der Waals surface area contributed by atoms with Gasteiger partial charge in [-0.1, -0.05) is 15.9 Å². The Balaban J connectivity index is 1.79. The molecule has 0 amide bonds. The summed E-state index contributed by atoms with van der Waals surface area (Å²) in [6, 6.07) is 0. The van der Waals surface area contributed by atoms with E-state index in [0.717, 1.165) is 23.2 Å². The molecular weight excluding hydrogens is 200 g/mol. The summed E-state index contributed by atoms with van der Waals surface area (Å²) in [5.74, 6) is 3.44. The van der Waals surface area contributed by atoms with Crippen LogP contribution < -0.4 is 0 Å². The van der Waals surface area contributed by atoms with Gasteiger partial charge in [-0.15, -0.1) is 0 Å². The zero-order valence-corrected chi connectivity index (χ0v) is 8.44. The van der Waals surface area contributed by atoms with E-state index >= 15 is 0 Å². The predicted molar refractivity (Wildman–Crippen MR) is 49.8 cm³/mol. The highest BCUT2D eigenvalue weighted by atomic mass is 79.9. The van der Waals surface area contributed by atoms with Gasteiger partial charge in [0.05, 0.1) is 0 Å². The standard InChI is InChI=1S/C10H15Br/c11-6-10(9-1-2-9)4-7-3-8(7)5-10/h7-9H,1-6H2. The lowest BCUT2D eigenvalue weighted by molar-refractivity contribution is 0.262. The summed E-state index contributed by atoms with van der Waals surface area (Å²) >= 11 is 3.72. The van der Waals surface area contributed by atoms with Crippen molar-refractivity contribution in [3.8, 4) is 0 Å². The Kier molecular flexibility index (Phi) is 1.29. The third kappa shape index (κ3) is 0.929. The molecule has 0 bridgehead atoms. The van der Waals surface area contributed by atoms with Crippen LogP contribution in [0.4, 0.5) is 0 Å². The van der Waals surface area contributed by atoms with Gasteiger partial charge < -0.3 is 0 Å². The SMILES string of the molecule is BrCC1(C2CC2)CC2CC2C1. The second kappa shape index (κ2) is 2.04. The Hall–Kier alpha value is 0.480. The van der Waals surface area contributed by atoms with Crippen LogP contribution in [0, 0.1) is 23.2 Å². The number of fused-ring (bicyclic) bond motifs is 1. The summed E-state index contributed by atoms with van der Waals surface area (Å²) in [7, 11) is 0. The van der Waals surface area contributed by atoms with Crippen molar-refractivity contribution in [3.05, 3.63) is 0 Å². The molecule has 0 heterocycles. The molecule has 0 radical (unpaired) electrons. The van der Waals surface area contributed by atoms with E-state index in [1.807, 2.05) is 0 Å². The average molecular weight is 215 g/mol. The van der Waals surface area contributed by atoms with Crippen LogP contribution in [0.3, 0.4) is 0 Å². The molecule has 62 valence electrons. The highest BCUT2D eigenvalue weighted by Gasteiger charge is 2.58. The zero-order valence-electron chi connectivity index (χ0n) is 6.85. The predicted octanol–water partition coefficient (Wildman–Crippen LogP) is 3.21. The largest absolute Gasteiger partial charge is 0.0922 e. The van der Waals surface area contributed by atoms with E-state index in [1.54, 1.807) is 19.3 Å². The van der Waals surface area contributed by atoms with Crippen molar-refractivity contribution in [2.24, 2.45) is 23.2 Å². The van der Waals surface area contributed by atoms with Crippen LogP contribution in [0.15, 0.2) is 0 Å². The normalized spacial score (nSPS) is 54.3. The van der Waals surface area contributed by atoms with Gasteiger partial charge >= 0.3 is 0 Å². The van der Waals surface area contributed by atoms with Crippen LogP contribution in [0.25, 0.3) is 0 Å². The maximum atomic E-state index is 3.72. The van der Waals surface area contributed by atoms with Crippen molar-refractivity contribution >= 4 is 15.9 Å². The van der Waals surface area contributed by atoms with Gasteiger partial charge in [0.15, 0.2) is 0 Å². The first kappa shape index (κ1) is 6.94. The molecule has 3 rings (SSSR count). The van der Waals surface area contributed by atoms with Gasteiger partial charge in [-0.2, -0.15) is 0 Å². The van der Waals surface area contributed by atoms with Crippen LogP contribution in [0.5, 0.6) is 0 Å². The first-order chi connectivity index (χ1) is 5.34. The molecule has 3 saturated carbocycles. The molecule has 11 heavy (non-hydrogen) atoms. The summed E-state index contributed by atoms with van der Waals surface area (Å²) in [5, 5.41) is 1.29. The number of rotatable bonds is 2. The Labute approximate surface area is 76.9 Å². The number of hydrogen-bond donors (Lipinski definition) is 0. The van der Waals surface area contributed by atoms with Crippen LogP contribution in [-0.4, -0.2) is 5.33 Å². The molecule has 3 aliphatic rings. The minimum Gasteiger partial charge on any atom is -0.0922 e. The summed E-state index contributed by atoms with van der Waals surface area (Å²) < 4.78 is 0. The molecule has 0 aromatic rings. The molecule has 1 heteroatoms. The van der Waals surface area contributed by atoms with E-state index in [9.17, 15) is 0 Å². The van der Waals surface area contributed by atoms with E-state index in [0.29, 0.717) is 0 Å². The molecule has 0 spiro atoms. The average Bonchev–Trinajstić information content (AvgIpc) is 2.90. The Morgan fingerprint density at radius 3 is 2.27 bits per heavy atom. The van der Waals surface area contributed by atoms with Gasteiger partial charge in [-0.05, 0) is 55.3 Å². The molecule has 3 fully saturated rings. The molecule has 2 atom stereocenters. The first-order valence-corrected chi connectivity index (χ1v) is 6.02. The highest BCUT2D eigenvalue weighted by Crippen LogP contribution is 2.66. The maximum absolute atomic E-state index is 3.72. The third-order valence-electron chi connectivity index (χ3n) is 4.12. The van der Waals surface area contributed by atoms with Crippen molar-refractivity contribution in [1.82, 2.24) is 0 Å². The Morgan fingerprint density at radius 2 is 1.82 bits per heavy atom. The second-order valence-corrected chi connectivity index (χ2v) is 5.50. The maximum Gasteiger partial charge on any atom is 0.00908 e. The van der Waals surface area contributed by atoms with Crippen LogP contribution in [0.1, 0.15) is 32.1 Å². The van der Waals surface area contributed by atoms with E-state index in [2.05, 4.69) is 15.9 Å². The lowest BCUT2D eigenvalue weighted by Gasteiger charge is -2.28. The molecule has 0 aromatic carbocycles. The third-order valence-corrected chi connectivity index (χ3v) is 5.23. The van der Waals surface area contributed by atoms with Crippen molar-refractivity contribution in [2.45, 2.75) is 32.1 Å². The number of alkyl halides is 1. The zero-order chi connectivity index (χ0) is 7.47. The fourth-order valence-corrected chi connectivity index (χ4v) is 4.10. The number of halogens is 1. The molecule has 3 aliphatic carbocycles. The van der Waals surface area contributed by atoms with Gasteiger partial charge in [-0.25, -0.2) is 0 Å². The van der Waals surface area contributed by atoms with Crippen LogP contribution >= 0.6 is 15.9 Å². The Morgan fingerprint density at radius 1 is 1.18 bits per heavy atom. The minimum absolute atomic E-state index is 0.785. The van der Waals surface area contributed by atoms with E-state index in [-0.39, 0.29) is 0 Å². The van der Waals surface area contributed by atoms with Crippen LogP contribution in [-0.2, 0) is 0 Å². The number of hydrogen-bond acceptors (Lipinski definition) is 0. The summed E-state index contributed by atoms with van der Waals surface area (Å²) in [5.41, 5.74) is 0.785. The molecule has 2 unspecified atom stereocenters. The van der Waals surface area contributed by atoms with E-state index in [4.69, 9.17) is 0 Å². The first-order valence-electron chi connectivity index (χ1n) is 4.90. The smallest absolute Gasteiger partial charge is 0.00908 e. The lowest BCUT2D eigenvalue weighted by Crippen LogP contribution is -2.23. The molecule has 0 N–H and O–H groups in total.